The summed E-state index contributed by atoms with van der Waals surface area (Å²) in [6, 6.07) is 16.2. The molecular formula is C26H23N5O2. The van der Waals surface area contributed by atoms with Crippen LogP contribution in [0.1, 0.15) is 30.0 Å². The molecule has 0 amide bonds. The molecule has 0 atom stereocenters. The first-order valence-corrected chi connectivity index (χ1v) is 11.2. The Balaban J connectivity index is 1.45. The van der Waals surface area contributed by atoms with Crippen molar-refractivity contribution in [2.45, 2.75) is 25.3 Å². The van der Waals surface area contributed by atoms with Crippen molar-refractivity contribution in [1.29, 1.82) is 0 Å². The molecule has 0 unspecified atom stereocenters. The van der Waals surface area contributed by atoms with E-state index in [0.717, 1.165) is 46.1 Å². The number of nitrogens with zero attached hydrogens (tertiary/aromatic N) is 5. The van der Waals surface area contributed by atoms with Gasteiger partial charge in [0.25, 0.3) is 5.56 Å². The maximum atomic E-state index is 13.5. The number of fused-ring (bicyclic) bond motifs is 3. The minimum atomic E-state index is 0.0195. The predicted molar refractivity (Wildman–Crippen MR) is 127 cm³/mol. The number of pyridine rings is 1. The molecule has 6 rings (SSSR count). The third kappa shape index (κ3) is 3.60. The minimum Gasteiger partial charge on any atom is -0.381 e. The number of benzene rings is 2. The van der Waals surface area contributed by atoms with Gasteiger partial charge in [0, 0.05) is 43.2 Å². The summed E-state index contributed by atoms with van der Waals surface area (Å²) in [6.07, 6.45) is 9.54. The van der Waals surface area contributed by atoms with Crippen molar-refractivity contribution < 1.29 is 4.74 Å². The van der Waals surface area contributed by atoms with Crippen LogP contribution < -0.4 is 5.56 Å². The van der Waals surface area contributed by atoms with Gasteiger partial charge >= 0.3 is 0 Å². The van der Waals surface area contributed by atoms with Crippen LogP contribution in [0.15, 0.2) is 78.2 Å². The highest BCUT2D eigenvalue weighted by atomic mass is 16.5. The zero-order valence-corrected chi connectivity index (χ0v) is 18.1. The van der Waals surface area contributed by atoms with Crippen LogP contribution in [0, 0.1) is 0 Å². The highest BCUT2D eigenvalue weighted by molar-refractivity contribution is 6.06. The first-order valence-electron chi connectivity index (χ1n) is 11.2. The van der Waals surface area contributed by atoms with Crippen molar-refractivity contribution in [3.05, 3.63) is 94.9 Å². The van der Waals surface area contributed by atoms with Crippen molar-refractivity contribution in [2.24, 2.45) is 0 Å². The van der Waals surface area contributed by atoms with E-state index in [0.29, 0.717) is 25.0 Å². The van der Waals surface area contributed by atoms with Crippen LogP contribution in [0.4, 0.5) is 0 Å². The molecule has 0 bridgehead atoms. The first kappa shape index (κ1) is 19.8. The van der Waals surface area contributed by atoms with E-state index >= 15 is 0 Å². The van der Waals surface area contributed by atoms with Crippen molar-refractivity contribution in [2.75, 3.05) is 13.2 Å². The largest absolute Gasteiger partial charge is 0.381 e. The lowest BCUT2D eigenvalue weighted by Gasteiger charge is -2.24. The van der Waals surface area contributed by atoms with Gasteiger partial charge in [0.2, 0.25) is 0 Å². The fourth-order valence-electron chi connectivity index (χ4n) is 4.70. The Morgan fingerprint density at radius 2 is 1.82 bits per heavy atom. The smallest absolute Gasteiger partial charge is 0.261 e. The van der Waals surface area contributed by atoms with Gasteiger partial charge in [0.15, 0.2) is 5.82 Å². The Kier molecular flexibility index (Phi) is 4.96. The normalized spacial score (nSPS) is 14.8. The van der Waals surface area contributed by atoms with E-state index in [1.54, 1.807) is 21.8 Å². The van der Waals surface area contributed by atoms with Gasteiger partial charge in [0.1, 0.15) is 0 Å². The standard InChI is InChI=1S/C26H23N5O2/c32-26-23-15-19(14-18-6-7-24(27-16-18)31-11-3-10-29-31)21-4-1-2-5-22(21)25(23)28-17-30(26)20-8-12-33-13-9-20/h1-7,10-11,15-17,20H,8-9,12-14H2. The number of rotatable bonds is 4. The van der Waals surface area contributed by atoms with E-state index in [1.165, 1.54) is 0 Å². The molecule has 2 aromatic carbocycles. The summed E-state index contributed by atoms with van der Waals surface area (Å²) in [4.78, 5) is 22.8. The third-order valence-corrected chi connectivity index (χ3v) is 6.41. The average Bonchev–Trinajstić information content (AvgIpc) is 3.41. The summed E-state index contributed by atoms with van der Waals surface area (Å²) in [5.41, 5.74) is 2.94. The number of ether oxygens (including phenoxy) is 1. The second-order valence-electron chi connectivity index (χ2n) is 8.43. The van der Waals surface area contributed by atoms with Crippen LogP contribution in [0.3, 0.4) is 0 Å². The summed E-state index contributed by atoms with van der Waals surface area (Å²) in [6.45, 7) is 1.36. The molecule has 1 saturated heterocycles. The Morgan fingerprint density at radius 1 is 0.970 bits per heavy atom. The van der Waals surface area contributed by atoms with Gasteiger partial charge in [-0.25, -0.2) is 14.6 Å². The summed E-state index contributed by atoms with van der Waals surface area (Å²) in [5, 5.41) is 7.01. The van der Waals surface area contributed by atoms with Crippen molar-refractivity contribution in [3.63, 3.8) is 0 Å². The molecule has 1 aliphatic heterocycles. The molecular weight excluding hydrogens is 414 g/mol. The Labute approximate surface area is 190 Å². The van der Waals surface area contributed by atoms with Gasteiger partial charge in [-0.05, 0) is 54.0 Å². The topological polar surface area (TPSA) is 74.8 Å². The number of hydrogen-bond acceptors (Lipinski definition) is 5. The van der Waals surface area contributed by atoms with Gasteiger partial charge in [-0.1, -0.05) is 30.3 Å². The monoisotopic (exact) mass is 437 g/mol. The summed E-state index contributed by atoms with van der Waals surface area (Å²) >= 11 is 0. The van der Waals surface area contributed by atoms with Crippen molar-refractivity contribution in [1.82, 2.24) is 24.3 Å². The van der Waals surface area contributed by atoms with E-state index in [1.807, 2.05) is 48.8 Å². The highest BCUT2D eigenvalue weighted by Gasteiger charge is 2.19. The zero-order valence-electron chi connectivity index (χ0n) is 18.1. The molecule has 7 nitrogen and oxygen atoms in total. The number of aromatic nitrogens is 5. The first-order chi connectivity index (χ1) is 16.3. The average molecular weight is 438 g/mol. The van der Waals surface area contributed by atoms with Gasteiger partial charge < -0.3 is 4.74 Å². The Bertz CT molecular complexity index is 1480. The molecule has 33 heavy (non-hydrogen) atoms. The van der Waals surface area contributed by atoms with Crippen LogP contribution in [0.25, 0.3) is 27.5 Å². The lowest BCUT2D eigenvalue weighted by Crippen LogP contribution is -2.29. The molecule has 0 N–H and O–H groups in total. The molecule has 0 aliphatic carbocycles. The molecule has 1 aliphatic rings. The summed E-state index contributed by atoms with van der Waals surface area (Å²) in [5.74, 6) is 0.774. The number of hydrogen-bond donors (Lipinski definition) is 0. The quantitative estimate of drug-likeness (QED) is 0.396. The van der Waals surface area contributed by atoms with E-state index in [9.17, 15) is 4.79 Å². The molecule has 4 heterocycles. The third-order valence-electron chi connectivity index (χ3n) is 6.41. The Morgan fingerprint density at radius 3 is 2.58 bits per heavy atom. The molecule has 0 saturated carbocycles. The van der Waals surface area contributed by atoms with Crippen molar-refractivity contribution in [3.8, 4) is 5.82 Å². The van der Waals surface area contributed by atoms with Gasteiger partial charge in [-0.15, -0.1) is 0 Å². The fraction of sp³-hybridized carbons (Fsp3) is 0.231. The summed E-state index contributed by atoms with van der Waals surface area (Å²) < 4.78 is 9.01. The van der Waals surface area contributed by atoms with E-state index < -0.39 is 0 Å². The molecule has 0 radical (unpaired) electrons. The van der Waals surface area contributed by atoms with Crippen molar-refractivity contribution >= 4 is 21.7 Å². The van der Waals surface area contributed by atoms with Crippen LogP contribution in [0.5, 0.6) is 0 Å². The lowest BCUT2D eigenvalue weighted by molar-refractivity contribution is 0.0685. The molecule has 164 valence electrons. The van der Waals surface area contributed by atoms with Gasteiger partial charge in [-0.3, -0.25) is 9.36 Å². The van der Waals surface area contributed by atoms with Gasteiger partial charge in [0.05, 0.1) is 17.2 Å². The predicted octanol–water partition coefficient (Wildman–Crippen LogP) is 4.07. The van der Waals surface area contributed by atoms with E-state index in [-0.39, 0.29) is 11.6 Å². The molecule has 1 fully saturated rings. The van der Waals surface area contributed by atoms with Crippen LogP contribution in [-0.4, -0.2) is 37.5 Å². The highest BCUT2D eigenvalue weighted by Crippen LogP contribution is 2.28. The van der Waals surface area contributed by atoms with Crippen LogP contribution >= 0.6 is 0 Å². The van der Waals surface area contributed by atoms with Crippen LogP contribution in [0.2, 0.25) is 0 Å². The minimum absolute atomic E-state index is 0.0195. The Hall–Kier alpha value is -3.84. The molecule has 3 aromatic heterocycles. The molecule has 7 heteroatoms. The maximum absolute atomic E-state index is 13.5. The van der Waals surface area contributed by atoms with E-state index in [4.69, 9.17) is 9.72 Å². The second kappa shape index (κ2) is 8.26. The molecule has 0 spiro atoms. The lowest BCUT2D eigenvalue weighted by atomic mass is 9.96. The fourth-order valence-corrected chi connectivity index (χ4v) is 4.70. The zero-order chi connectivity index (χ0) is 22.2. The molecule has 5 aromatic rings. The van der Waals surface area contributed by atoms with Crippen LogP contribution in [-0.2, 0) is 11.2 Å². The SMILES string of the molecule is O=c1c2cc(Cc3ccc(-n4cccn4)nc3)c3ccccc3c2ncn1C1CCOCC1. The summed E-state index contributed by atoms with van der Waals surface area (Å²) in [7, 11) is 0. The van der Waals surface area contributed by atoms with Gasteiger partial charge in [-0.2, -0.15) is 5.10 Å². The maximum Gasteiger partial charge on any atom is 0.261 e. The second-order valence-corrected chi connectivity index (χ2v) is 8.43. The van der Waals surface area contributed by atoms with E-state index in [2.05, 4.69) is 22.2 Å².